The van der Waals surface area contributed by atoms with Gasteiger partial charge in [0.25, 0.3) is 0 Å². The fourth-order valence-electron chi connectivity index (χ4n) is 3.68. The Morgan fingerprint density at radius 1 is 1.00 bits per heavy atom. The first-order valence-electron chi connectivity index (χ1n) is 8.63. The second-order valence-electron chi connectivity index (χ2n) is 6.53. The van der Waals surface area contributed by atoms with Gasteiger partial charge in [0.2, 0.25) is 5.60 Å². The van der Waals surface area contributed by atoms with E-state index in [1.165, 1.54) is 44.8 Å². The summed E-state index contributed by atoms with van der Waals surface area (Å²) in [6.45, 7) is 0. The van der Waals surface area contributed by atoms with Gasteiger partial charge in [-0.05, 0) is 35.4 Å². The molecule has 0 heterocycles. The average molecular weight is 324 g/mol. The summed E-state index contributed by atoms with van der Waals surface area (Å²) in [5.74, 6) is -0.147. The van der Waals surface area contributed by atoms with Gasteiger partial charge in [0, 0.05) is 0 Å². The van der Waals surface area contributed by atoms with Crippen LogP contribution < -0.4 is 0 Å². The summed E-state index contributed by atoms with van der Waals surface area (Å²) in [5.41, 5.74) is 0.521. The zero-order chi connectivity index (χ0) is 17.0. The smallest absolute Gasteiger partial charge is 0.347 e. The fraction of sp³-hybridized carbons (Fsp3) is 0.381. The first kappa shape index (κ1) is 16.7. The minimum Gasteiger partial charge on any atom is -0.466 e. The van der Waals surface area contributed by atoms with Crippen LogP contribution in [0.15, 0.2) is 54.6 Å². The van der Waals surface area contributed by atoms with Crippen molar-refractivity contribution in [1.82, 2.24) is 0 Å². The Labute approximate surface area is 143 Å². The number of esters is 1. The number of benzene rings is 2. The molecule has 1 aliphatic rings. The van der Waals surface area contributed by atoms with Crippen molar-refractivity contribution in [1.29, 1.82) is 0 Å². The van der Waals surface area contributed by atoms with Crippen molar-refractivity contribution >= 4 is 5.97 Å². The highest BCUT2D eigenvalue weighted by Crippen LogP contribution is 2.36. The van der Waals surface area contributed by atoms with E-state index < -0.39 is 11.6 Å². The Kier molecular flexibility index (Phi) is 5.00. The van der Waals surface area contributed by atoms with E-state index in [0.717, 1.165) is 0 Å². The number of carbonyl (C=O) groups is 1. The van der Waals surface area contributed by atoms with Crippen molar-refractivity contribution in [2.75, 3.05) is 7.11 Å². The number of carbonyl (C=O) groups excluding carboxylic acids is 1. The van der Waals surface area contributed by atoms with Crippen molar-refractivity contribution in [3.63, 3.8) is 0 Å². The standard InChI is InChI=1S/C21H24O3/c1-24-20(22)21(23,18-12-6-3-7-13-18)19-14-8-11-17(15-19)16-9-4-2-5-10-16/h3,6-8,11-16,23H,2,4-5,9-10H2,1H3/t21-/m0/s1. The molecule has 0 radical (unpaired) electrons. The molecular weight excluding hydrogens is 300 g/mol. The van der Waals surface area contributed by atoms with Gasteiger partial charge in [0.05, 0.1) is 7.11 Å². The maximum absolute atomic E-state index is 12.4. The molecule has 0 bridgehead atoms. The molecule has 0 spiro atoms. The number of methoxy groups -OCH3 is 1. The summed E-state index contributed by atoms with van der Waals surface area (Å²) in [6, 6.07) is 16.8. The molecule has 3 heteroatoms. The zero-order valence-electron chi connectivity index (χ0n) is 14.1. The maximum atomic E-state index is 12.4. The summed E-state index contributed by atoms with van der Waals surface area (Å²) in [4.78, 5) is 12.4. The van der Waals surface area contributed by atoms with Crippen LogP contribution in [-0.2, 0) is 15.1 Å². The van der Waals surface area contributed by atoms with Gasteiger partial charge in [0.15, 0.2) is 0 Å². The highest BCUT2D eigenvalue weighted by molar-refractivity contribution is 5.85. The van der Waals surface area contributed by atoms with Gasteiger partial charge < -0.3 is 9.84 Å². The van der Waals surface area contributed by atoms with E-state index in [4.69, 9.17) is 4.74 Å². The summed E-state index contributed by atoms with van der Waals surface area (Å²) in [6.07, 6.45) is 6.13. The van der Waals surface area contributed by atoms with E-state index in [2.05, 4.69) is 6.07 Å². The van der Waals surface area contributed by atoms with E-state index in [1.807, 2.05) is 30.3 Å². The SMILES string of the molecule is COC(=O)[C@](O)(c1ccccc1)c1cccc(C2CCCCC2)c1. The molecule has 2 aromatic rings. The topological polar surface area (TPSA) is 46.5 Å². The monoisotopic (exact) mass is 324 g/mol. The Bertz CT molecular complexity index is 689. The third-order valence-electron chi connectivity index (χ3n) is 5.05. The lowest BCUT2D eigenvalue weighted by molar-refractivity contribution is -0.158. The third kappa shape index (κ3) is 3.09. The van der Waals surface area contributed by atoms with Crippen LogP contribution in [-0.4, -0.2) is 18.2 Å². The Balaban J connectivity index is 2.04. The van der Waals surface area contributed by atoms with Crippen molar-refractivity contribution in [3.8, 4) is 0 Å². The fourth-order valence-corrected chi connectivity index (χ4v) is 3.68. The number of rotatable bonds is 4. The molecule has 1 aliphatic carbocycles. The lowest BCUT2D eigenvalue weighted by Crippen LogP contribution is -2.38. The minimum atomic E-state index is -1.78. The molecule has 0 amide bonds. The number of aliphatic hydroxyl groups is 1. The first-order chi connectivity index (χ1) is 11.7. The van der Waals surface area contributed by atoms with Crippen molar-refractivity contribution in [2.45, 2.75) is 43.6 Å². The molecule has 0 aromatic heterocycles. The Morgan fingerprint density at radius 3 is 2.33 bits per heavy atom. The van der Waals surface area contributed by atoms with E-state index in [9.17, 15) is 9.90 Å². The van der Waals surface area contributed by atoms with Gasteiger partial charge in [-0.2, -0.15) is 0 Å². The molecule has 0 aliphatic heterocycles. The van der Waals surface area contributed by atoms with Crippen LogP contribution in [0.25, 0.3) is 0 Å². The lowest BCUT2D eigenvalue weighted by Gasteiger charge is -2.28. The molecule has 126 valence electrons. The van der Waals surface area contributed by atoms with Crippen LogP contribution in [0.3, 0.4) is 0 Å². The molecule has 3 nitrogen and oxygen atoms in total. The third-order valence-corrected chi connectivity index (χ3v) is 5.05. The Morgan fingerprint density at radius 2 is 1.67 bits per heavy atom. The molecule has 0 saturated heterocycles. The predicted octanol–water partition coefficient (Wildman–Crippen LogP) is 4.14. The first-order valence-corrected chi connectivity index (χ1v) is 8.63. The molecule has 24 heavy (non-hydrogen) atoms. The molecule has 1 fully saturated rings. The number of ether oxygens (including phenoxy) is 1. The van der Waals surface area contributed by atoms with Crippen molar-refractivity contribution in [3.05, 3.63) is 71.3 Å². The van der Waals surface area contributed by atoms with Gasteiger partial charge in [-0.1, -0.05) is 73.9 Å². The zero-order valence-corrected chi connectivity index (χ0v) is 14.1. The summed E-state index contributed by atoms with van der Waals surface area (Å²) >= 11 is 0. The quantitative estimate of drug-likeness (QED) is 0.860. The second-order valence-corrected chi connectivity index (χ2v) is 6.53. The molecule has 2 aromatic carbocycles. The molecular formula is C21H24O3. The number of hydrogen-bond donors (Lipinski definition) is 1. The van der Waals surface area contributed by atoms with Crippen LogP contribution >= 0.6 is 0 Å². The van der Waals surface area contributed by atoms with Gasteiger partial charge in [-0.15, -0.1) is 0 Å². The maximum Gasteiger partial charge on any atom is 0.347 e. The molecule has 0 unspecified atom stereocenters. The normalized spacial score (nSPS) is 17.9. The van der Waals surface area contributed by atoms with Gasteiger partial charge >= 0.3 is 5.97 Å². The summed E-state index contributed by atoms with van der Waals surface area (Å²) < 4.78 is 4.92. The van der Waals surface area contributed by atoms with Crippen LogP contribution in [0.1, 0.15) is 54.7 Å². The van der Waals surface area contributed by atoms with Gasteiger partial charge in [-0.3, -0.25) is 0 Å². The van der Waals surface area contributed by atoms with Gasteiger partial charge in [-0.25, -0.2) is 4.79 Å². The highest BCUT2D eigenvalue weighted by atomic mass is 16.5. The van der Waals surface area contributed by atoms with E-state index in [0.29, 0.717) is 17.0 Å². The van der Waals surface area contributed by atoms with E-state index >= 15 is 0 Å². The molecule has 1 saturated carbocycles. The largest absolute Gasteiger partial charge is 0.466 e. The molecule has 3 rings (SSSR count). The van der Waals surface area contributed by atoms with Crippen molar-refractivity contribution in [2.24, 2.45) is 0 Å². The van der Waals surface area contributed by atoms with Crippen LogP contribution in [0, 0.1) is 0 Å². The van der Waals surface area contributed by atoms with Crippen molar-refractivity contribution < 1.29 is 14.6 Å². The average Bonchev–Trinajstić information content (AvgIpc) is 2.68. The lowest BCUT2D eigenvalue weighted by atomic mass is 9.80. The van der Waals surface area contributed by atoms with Crippen LogP contribution in [0.5, 0.6) is 0 Å². The summed E-state index contributed by atoms with van der Waals surface area (Å²) in [5, 5.41) is 11.3. The van der Waals surface area contributed by atoms with Gasteiger partial charge in [0.1, 0.15) is 0 Å². The number of hydrogen-bond acceptors (Lipinski definition) is 3. The minimum absolute atomic E-state index is 0.511. The Hall–Kier alpha value is -2.13. The van der Waals surface area contributed by atoms with E-state index in [-0.39, 0.29) is 0 Å². The molecule has 1 N–H and O–H groups in total. The van der Waals surface area contributed by atoms with Crippen LogP contribution in [0.2, 0.25) is 0 Å². The van der Waals surface area contributed by atoms with Crippen LogP contribution in [0.4, 0.5) is 0 Å². The second kappa shape index (κ2) is 7.18. The predicted molar refractivity (Wildman–Crippen MR) is 93.7 cm³/mol. The summed E-state index contributed by atoms with van der Waals surface area (Å²) in [7, 11) is 1.31. The van der Waals surface area contributed by atoms with E-state index in [1.54, 1.807) is 18.2 Å². The molecule has 1 atom stereocenters. The highest BCUT2D eigenvalue weighted by Gasteiger charge is 2.41.